The van der Waals surface area contributed by atoms with Crippen molar-refractivity contribution < 1.29 is 14.5 Å². The highest BCUT2D eigenvalue weighted by atomic mass is 31.1. The van der Waals surface area contributed by atoms with Gasteiger partial charge in [-0.1, -0.05) is 4.57 Å². The molecule has 1 amide bonds. The summed E-state index contributed by atoms with van der Waals surface area (Å²) < 4.78 is 9.83. The monoisotopic (exact) mass is 150 g/mol. The lowest BCUT2D eigenvalue weighted by atomic mass is 10.5. The van der Waals surface area contributed by atoms with Crippen LogP contribution < -0.4 is 5.32 Å². The molecule has 2 N–H and O–H groups in total. The van der Waals surface area contributed by atoms with Crippen LogP contribution in [0.15, 0.2) is 0 Å². The molecule has 0 saturated carbocycles. The van der Waals surface area contributed by atoms with Gasteiger partial charge < -0.3 is 10.4 Å². The predicted molar refractivity (Wildman–Crippen MR) is 34.5 cm³/mol. The second-order valence-electron chi connectivity index (χ2n) is 1.48. The molecule has 0 rings (SSSR count). The Morgan fingerprint density at radius 3 is 2.78 bits per heavy atom. The zero-order valence-corrected chi connectivity index (χ0v) is 5.89. The minimum absolute atomic E-state index is 0.322. The Morgan fingerprint density at radius 2 is 2.33 bits per heavy atom. The smallest absolute Gasteiger partial charge is 0.404 e. The number of hydrogen-bond acceptors (Lipinski definition) is 2. The van der Waals surface area contributed by atoms with Crippen LogP contribution in [-0.4, -0.2) is 23.9 Å². The first kappa shape index (κ1) is 8.37. The van der Waals surface area contributed by atoms with Gasteiger partial charge in [0.1, 0.15) is 6.16 Å². The molecule has 0 saturated heterocycles. The molecule has 1 unspecified atom stereocenters. The molecule has 0 heterocycles. The van der Waals surface area contributed by atoms with E-state index in [1.165, 1.54) is 0 Å². The standard InChI is InChI=1S/C4H8NO3P/c6-4(7)5-2-1-3-9-8/h5H,1-3H2,(H,6,7)/p+1. The lowest BCUT2D eigenvalue weighted by molar-refractivity contribution is 0.194. The van der Waals surface area contributed by atoms with Gasteiger partial charge in [0.15, 0.2) is 0 Å². The van der Waals surface area contributed by atoms with Crippen LogP contribution in [0, 0.1) is 0 Å². The van der Waals surface area contributed by atoms with Crippen molar-refractivity contribution >= 4 is 14.6 Å². The Bertz CT molecular complexity index is 106. The molecule has 0 bridgehead atoms. The molecule has 0 fully saturated rings. The normalized spacial score (nSPS) is 9.33. The first-order valence-corrected chi connectivity index (χ1v) is 3.70. The van der Waals surface area contributed by atoms with E-state index in [-0.39, 0.29) is 8.46 Å². The second-order valence-corrected chi connectivity index (χ2v) is 2.27. The molecule has 1 atom stereocenters. The minimum atomic E-state index is -1.02. The van der Waals surface area contributed by atoms with Crippen molar-refractivity contribution in [2.45, 2.75) is 6.42 Å². The summed E-state index contributed by atoms with van der Waals surface area (Å²) in [5.41, 5.74) is 0. The fourth-order valence-corrected chi connectivity index (χ4v) is 0.677. The maximum atomic E-state index is 9.83. The van der Waals surface area contributed by atoms with Gasteiger partial charge in [-0.15, -0.1) is 0 Å². The van der Waals surface area contributed by atoms with E-state index >= 15 is 0 Å². The van der Waals surface area contributed by atoms with E-state index in [0.717, 1.165) is 0 Å². The Labute approximate surface area is 54.5 Å². The van der Waals surface area contributed by atoms with Gasteiger partial charge in [-0.25, -0.2) is 4.79 Å². The summed E-state index contributed by atoms with van der Waals surface area (Å²) in [5, 5.41) is 10.2. The fraction of sp³-hybridized carbons (Fsp3) is 0.750. The Hall–Kier alpha value is -0.630. The number of hydrogen-bond donors (Lipinski definition) is 2. The molecule has 0 aromatic rings. The van der Waals surface area contributed by atoms with Crippen LogP contribution in [0.5, 0.6) is 0 Å². The first-order valence-electron chi connectivity index (χ1n) is 2.59. The first-order chi connectivity index (χ1) is 4.27. The van der Waals surface area contributed by atoms with Gasteiger partial charge in [-0.3, -0.25) is 0 Å². The van der Waals surface area contributed by atoms with Gasteiger partial charge in [-0.2, -0.15) is 0 Å². The third kappa shape index (κ3) is 7.37. The molecule has 0 aromatic heterocycles. The topological polar surface area (TPSA) is 66.4 Å². The van der Waals surface area contributed by atoms with E-state index < -0.39 is 6.09 Å². The summed E-state index contributed by atoms with van der Waals surface area (Å²) in [6.07, 6.45) is 0.193. The van der Waals surface area contributed by atoms with E-state index in [4.69, 9.17) is 5.11 Å². The van der Waals surface area contributed by atoms with Crippen molar-refractivity contribution in [3.63, 3.8) is 0 Å². The molecule has 0 spiro atoms. The van der Waals surface area contributed by atoms with Crippen LogP contribution in [0.2, 0.25) is 0 Å². The maximum absolute atomic E-state index is 9.83. The molecular formula is C4H9NO3P+. The van der Waals surface area contributed by atoms with Gasteiger partial charge >= 0.3 is 14.6 Å². The maximum Gasteiger partial charge on any atom is 0.404 e. The molecule has 9 heavy (non-hydrogen) atoms. The summed E-state index contributed by atoms with van der Waals surface area (Å²) in [7, 11) is -0.322. The van der Waals surface area contributed by atoms with E-state index in [1.807, 2.05) is 0 Å². The largest absolute Gasteiger partial charge is 0.465 e. The average Bonchev–Trinajstić information content (AvgIpc) is 1.80. The van der Waals surface area contributed by atoms with Crippen LogP contribution in [-0.2, 0) is 4.57 Å². The lowest BCUT2D eigenvalue weighted by Crippen LogP contribution is -2.21. The zero-order valence-electron chi connectivity index (χ0n) is 4.89. The van der Waals surface area contributed by atoms with Crippen molar-refractivity contribution in [3.8, 4) is 0 Å². The summed E-state index contributed by atoms with van der Waals surface area (Å²) in [6.45, 7) is 0.393. The molecule has 0 aliphatic carbocycles. The van der Waals surface area contributed by atoms with E-state index in [0.29, 0.717) is 19.1 Å². The van der Waals surface area contributed by atoms with E-state index in [9.17, 15) is 9.36 Å². The molecule has 0 aliphatic heterocycles. The Morgan fingerprint density at radius 1 is 1.67 bits per heavy atom. The van der Waals surface area contributed by atoms with Crippen molar-refractivity contribution in [1.29, 1.82) is 0 Å². The molecular weight excluding hydrogens is 141 g/mol. The van der Waals surface area contributed by atoms with E-state index in [1.54, 1.807) is 0 Å². The quantitative estimate of drug-likeness (QED) is 0.457. The summed E-state index contributed by atoms with van der Waals surface area (Å²) in [6, 6.07) is 0. The Balaban J connectivity index is 2.91. The third-order valence-electron chi connectivity index (χ3n) is 0.732. The van der Waals surface area contributed by atoms with Crippen LogP contribution in [0.3, 0.4) is 0 Å². The summed E-state index contributed by atoms with van der Waals surface area (Å²) in [5.74, 6) is 0. The number of carbonyl (C=O) groups is 1. The molecule has 0 aliphatic rings. The number of rotatable bonds is 4. The lowest BCUT2D eigenvalue weighted by Gasteiger charge is -1.92. The number of nitrogens with one attached hydrogen (secondary N) is 1. The average molecular weight is 150 g/mol. The van der Waals surface area contributed by atoms with Crippen LogP contribution in [0.1, 0.15) is 6.42 Å². The summed E-state index contributed by atoms with van der Waals surface area (Å²) >= 11 is 0. The van der Waals surface area contributed by atoms with Gasteiger partial charge in [0, 0.05) is 13.0 Å². The minimum Gasteiger partial charge on any atom is -0.465 e. The van der Waals surface area contributed by atoms with Crippen molar-refractivity contribution in [2.24, 2.45) is 0 Å². The number of carboxylic acid groups (broad SMARTS) is 1. The second kappa shape index (κ2) is 5.51. The fourth-order valence-electron chi connectivity index (χ4n) is 0.356. The van der Waals surface area contributed by atoms with Crippen LogP contribution >= 0.6 is 8.46 Å². The van der Waals surface area contributed by atoms with Crippen molar-refractivity contribution in [1.82, 2.24) is 5.32 Å². The molecule has 0 radical (unpaired) electrons. The molecule has 4 nitrogen and oxygen atoms in total. The summed E-state index contributed by atoms with van der Waals surface area (Å²) in [4.78, 5) is 9.78. The highest BCUT2D eigenvalue weighted by Gasteiger charge is 1.94. The highest BCUT2D eigenvalue weighted by molar-refractivity contribution is 7.23. The predicted octanol–water partition coefficient (Wildman–Crippen LogP) is 0.668. The number of amides is 1. The van der Waals surface area contributed by atoms with Gasteiger partial charge in [0.25, 0.3) is 0 Å². The van der Waals surface area contributed by atoms with Gasteiger partial charge in [0.05, 0.1) is 0 Å². The SMILES string of the molecule is O=[PH+]CCCNC(=O)O. The van der Waals surface area contributed by atoms with Crippen molar-refractivity contribution in [3.05, 3.63) is 0 Å². The van der Waals surface area contributed by atoms with Crippen molar-refractivity contribution in [2.75, 3.05) is 12.7 Å². The van der Waals surface area contributed by atoms with Crippen LogP contribution in [0.4, 0.5) is 4.79 Å². The molecule has 52 valence electrons. The molecule has 0 aromatic carbocycles. The van der Waals surface area contributed by atoms with Gasteiger partial charge in [0.2, 0.25) is 0 Å². The molecule has 5 heteroatoms. The van der Waals surface area contributed by atoms with E-state index in [2.05, 4.69) is 5.32 Å². The van der Waals surface area contributed by atoms with Crippen LogP contribution in [0.25, 0.3) is 0 Å². The highest BCUT2D eigenvalue weighted by Crippen LogP contribution is 1.92. The Kier molecular flexibility index (Phi) is 5.12. The third-order valence-corrected chi connectivity index (χ3v) is 1.29. The zero-order chi connectivity index (χ0) is 7.11. The van der Waals surface area contributed by atoms with Gasteiger partial charge in [-0.05, 0) is 0 Å².